The first-order valence-corrected chi connectivity index (χ1v) is 7.14. The van der Waals surface area contributed by atoms with Crippen molar-refractivity contribution < 1.29 is 9.13 Å². The molecule has 0 atom stereocenters. The number of benzene rings is 1. The van der Waals surface area contributed by atoms with Gasteiger partial charge < -0.3 is 9.30 Å². The molecular weight excluding hydrogens is 267 g/mol. The molecule has 2 aromatic heterocycles. The van der Waals surface area contributed by atoms with E-state index in [0.717, 1.165) is 39.8 Å². The van der Waals surface area contributed by atoms with Gasteiger partial charge in [-0.3, -0.25) is 0 Å². The van der Waals surface area contributed by atoms with E-state index in [1.54, 1.807) is 7.11 Å². The number of ether oxygens (including phenoxy) is 1. The van der Waals surface area contributed by atoms with Crippen molar-refractivity contribution in [2.45, 2.75) is 27.3 Å². The fourth-order valence-electron chi connectivity index (χ4n) is 2.94. The fourth-order valence-corrected chi connectivity index (χ4v) is 2.94. The van der Waals surface area contributed by atoms with Crippen molar-refractivity contribution in [3.05, 3.63) is 35.9 Å². The van der Waals surface area contributed by atoms with Crippen LogP contribution in [0.25, 0.3) is 21.8 Å². The lowest BCUT2D eigenvalue weighted by atomic mass is 10.1. The Labute approximate surface area is 123 Å². The lowest BCUT2D eigenvalue weighted by Gasteiger charge is -2.11. The standard InChI is InChI=1S/C17H19FN2O/c1-10(2)9-20-15-7-12(21-4)5-6-13(15)14-8-16(18)19-11(3)17(14)20/h5-8,10H,9H2,1-4H3. The second-order valence-corrected chi connectivity index (χ2v) is 5.81. The normalized spacial score (nSPS) is 11.7. The number of hydrogen-bond acceptors (Lipinski definition) is 2. The lowest BCUT2D eigenvalue weighted by molar-refractivity contribution is 0.415. The molecule has 0 saturated carbocycles. The zero-order valence-corrected chi connectivity index (χ0v) is 12.8. The molecule has 0 fully saturated rings. The highest BCUT2D eigenvalue weighted by atomic mass is 19.1. The van der Waals surface area contributed by atoms with Gasteiger partial charge in [-0.15, -0.1) is 0 Å². The lowest BCUT2D eigenvalue weighted by Crippen LogP contribution is -2.05. The summed E-state index contributed by atoms with van der Waals surface area (Å²) >= 11 is 0. The Kier molecular flexibility index (Phi) is 3.32. The van der Waals surface area contributed by atoms with Gasteiger partial charge in [0.1, 0.15) is 5.75 Å². The van der Waals surface area contributed by atoms with Crippen molar-refractivity contribution in [1.29, 1.82) is 0 Å². The van der Waals surface area contributed by atoms with Gasteiger partial charge in [-0.05, 0) is 25.0 Å². The average Bonchev–Trinajstić information content (AvgIpc) is 2.72. The molecule has 21 heavy (non-hydrogen) atoms. The van der Waals surface area contributed by atoms with Gasteiger partial charge in [-0.1, -0.05) is 13.8 Å². The molecule has 0 amide bonds. The largest absolute Gasteiger partial charge is 0.497 e. The molecule has 0 saturated heterocycles. The van der Waals surface area contributed by atoms with Gasteiger partial charge >= 0.3 is 0 Å². The summed E-state index contributed by atoms with van der Waals surface area (Å²) in [6.07, 6.45) is 0. The highest BCUT2D eigenvalue weighted by Gasteiger charge is 2.16. The first-order valence-electron chi connectivity index (χ1n) is 7.14. The van der Waals surface area contributed by atoms with E-state index >= 15 is 0 Å². The molecule has 3 nitrogen and oxygen atoms in total. The maximum Gasteiger partial charge on any atom is 0.213 e. The van der Waals surface area contributed by atoms with E-state index in [1.807, 2.05) is 25.1 Å². The highest BCUT2D eigenvalue weighted by Crippen LogP contribution is 2.33. The molecule has 0 aliphatic carbocycles. The fraction of sp³-hybridized carbons (Fsp3) is 0.353. The van der Waals surface area contributed by atoms with Gasteiger partial charge in [-0.2, -0.15) is 4.39 Å². The van der Waals surface area contributed by atoms with Crippen LogP contribution >= 0.6 is 0 Å². The van der Waals surface area contributed by atoms with Crippen molar-refractivity contribution >= 4 is 21.8 Å². The average molecular weight is 286 g/mol. The van der Waals surface area contributed by atoms with Crippen LogP contribution in [0.4, 0.5) is 4.39 Å². The van der Waals surface area contributed by atoms with E-state index in [4.69, 9.17) is 4.74 Å². The molecule has 3 rings (SSSR count). The summed E-state index contributed by atoms with van der Waals surface area (Å²) in [5.41, 5.74) is 2.79. The van der Waals surface area contributed by atoms with Crippen LogP contribution < -0.4 is 4.74 Å². The van der Waals surface area contributed by atoms with Gasteiger partial charge in [-0.25, -0.2) is 4.98 Å². The van der Waals surface area contributed by atoms with Gasteiger partial charge in [0.2, 0.25) is 5.95 Å². The predicted molar refractivity (Wildman–Crippen MR) is 83.3 cm³/mol. The minimum Gasteiger partial charge on any atom is -0.497 e. The third kappa shape index (κ3) is 2.24. The minimum absolute atomic E-state index is 0.431. The van der Waals surface area contributed by atoms with Crippen LogP contribution in [-0.4, -0.2) is 16.7 Å². The Morgan fingerprint density at radius 3 is 2.67 bits per heavy atom. The van der Waals surface area contributed by atoms with E-state index in [0.29, 0.717) is 5.92 Å². The number of hydrogen-bond donors (Lipinski definition) is 0. The number of rotatable bonds is 3. The zero-order chi connectivity index (χ0) is 15.1. The molecule has 1 aromatic carbocycles. The number of aromatic nitrogens is 2. The van der Waals surface area contributed by atoms with Crippen LogP contribution in [0.1, 0.15) is 19.5 Å². The summed E-state index contributed by atoms with van der Waals surface area (Å²) in [6.45, 7) is 7.06. The maximum absolute atomic E-state index is 13.7. The second kappa shape index (κ2) is 5.02. The third-order valence-corrected chi connectivity index (χ3v) is 3.74. The van der Waals surface area contributed by atoms with Gasteiger partial charge in [0.05, 0.1) is 23.8 Å². The summed E-state index contributed by atoms with van der Waals surface area (Å²) in [5.74, 6) is 0.861. The molecule has 0 bridgehead atoms. The maximum atomic E-state index is 13.7. The summed E-state index contributed by atoms with van der Waals surface area (Å²) in [7, 11) is 1.66. The van der Waals surface area contributed by atoms with Crippen LogP contribution in [0.2, 0.25) is 0 Å². The van der Waals surface area contributed by atoms with Crippen LogP contribution in [0.15, 0.2) is 24.3 Å². The summed E-state index contributed by atoms with van der Waals surface area (Å²) in [5, 5.41) is 1.95. The van der Waals surface area contributed by atoms with E-state index in [1.165, 1.54) is 6.07 Å². The van der Waals surface area contributed by atoms with Crippen molar-refractivity contribution in [2.75, 3.05) is 7.11 Å². The Balaban J connectivity index is 2.45. The molecule has 110 valence electrons. The van der Waals surface area contributed by atoms with Gasteiger partial charge in [0.15, 0.2) is 0 Å². The van der Waals surface area contributed by atoms with E-state index in [-0.39, 0.29) is 0 Å². The summed E-state index contributed by atoms with van der Waals surface area (Å²) < 4.78 is 21.2. The Bertz CT molecular complexity index is 821. The van der Waals surface area contributed by atoms with Crippen molar-refractivity contribution in [3.8, 4) is 5.75 Å². The molecule has 3 aromatic rings. The molecule has 0 aliphatic rings. The molecule has 2 heterocycles. The third-order valence-electron chi connectivity index (χ3n) is 3.74. The van der Waals surface area contributed by atoms with E-state index < -0.39 is 5.95 Å². The number of methoxy groups -OCH3 is 1. The Hall–Kier alpha value is -2.10. The first-order chi connectivity index (χ1) is 10.0. The van der Waals surface area contributed by atoms with Gasteiger partial charge in [0.25, 0.3) is 0 Å². The SMILES string of the molecule is COc1ccc2c3cc(F)nc(C)c3n(CC(C)C)c2c1. The number of fused-ring (bicyclic) bond motifs is 3. The molecule has 0 spiro atoms. The molecule has 0 aliphatic heterocycles. The van der Waals surface area contributed by atoms with Crippen LogP contribution in [0.3, 0.4) is 0 Å². The Morgan fingerprint density at radius 2 is 2.00 bits per heavy atom. The van der Waals surface area contributed by atoms with Crippen molar-refractivity contribution in [3.63, 3.8) is 0 Å². The second-order valence-electron chi connectivity index (χ2n) is 5.81. The molecule has 0 N–H and O–H groups in total. The first kappa shape index (κ1) is 13.9. The topological polar surface area (TPSA) is 27.1 Å². The number of aryl methyl sites for hydroxylation is 1. The molecule has 0 unspecified atom stereocenters. The highest BCUT2D eigenvalue weighted by molar-refractivity contribution is 6.09. The van der Waals surface area contributed by atoms with E-state index in [2.05, 4.69) is 23.4 Å². The van der Waals surface area contributed by atoms with Gasteiger partial charge in [0, 0.05) is 29.4 Å². The van der Waals surface area contributed by atoms with Crippen molar-refractivity contribution in [2.24, 2.45) is 5.92 Å². The number of nitrogens with zero attached hydrogens (tertiary/aromatic N) is 2. The van der Waals surface area contributed by atoms with E-state index in [9.17, 15) is 4.39 Å². The summed E-state index contributed by atoms with van der Waals surface area (Å²) in [4.78, 5) is 3.99. The quantitative estimate of drug-likeness (QED) is 0.671. The molecule has 0 radical (unpaired) electrons. The smallest absolute Gasteiger partial charge is 0.213 e. The monoisotopic (exact) mass is 286 g/mol. The van der Waals surface area contributed by atoms with Crippen LogP contribution in [0, 0.1) is 18.8 Å². The molecule has 4 heteroatoms. The predicted octanol–water partition coefficient (Wildman–Crippen LogP) is 4.30. The van der Waals surface area contributed by atoms with Crippen LogP contribution in [-0.2, 0) is 6.54 Å². The minimum atomic E-state index is -0.431. The van der Waals surface area contributed by atoms with Crippen molar-refractivity contribution in [1.82, 2.24) is 9.55 Å². The van der Waals surface area contributed by atoms with Crippen LogP contribution in [0.5, 0.6) is 5.75 Å². The Morgan fingerprint density at radius 1 is 1.24 bits per heavy atom. The summed E-state index contributed by atoms with van der Waals surface area (Å²) in [6, 6.07) is 7.43. The molecular formula is C17H19FN2O. The number of halogens is 1. The zero-order valence-electron chi connectivity index (χ0n) is 12.8. The number of pyridine rings is 1.